The predicted molar refractivity (Wildman–Crippen MR) is 198 cm³/mol. The van der Waals surface area contributed by atoms with E-state index >= 15 is 0 Å². The Morgan fingerprint density at radius 3 is 1.42 bits per heavy atom. The van der Waals surface area contributed by atoms with Gasteiger partial charge in [0.2, 0.25) is 0 Å². The maximum atomic E-state index is 12.2. The quantitative estimate of drug-likeness (QED) is 0.0465. The molecular weight excluding hydrogens is 839 g/mol. The van der Waals surface area contributed by atoms with Crippen molar-refractivity contribution >= 4 is 90.5 Å². The summed E-state index contributed by atoms with van der Waals surface area (Å²) in [6.07, 6.45) is 0. The van der Waals surface area contributed by atoms with E-state index < -0.39 is 99.8 Å². The molecule has 0 saturated heterocycles. The van der Waals surface area contributed by atoms with Crippen LogP contribution in [0.3, 0.4) is 0 Å². The van der Waals surface area contributed by atoms with Gasteiger partial charge in [-0.2, -0.15) is 33.7 Å². The highest BCUT2D eigenvalue weighted by molar-refractivity contribution is 7.87. The number of phenols is 4. The molecule has 10 N–H and O–H groups in total. The van der Waals surface area contributed by atoms with Gasteiger partial charge < -0.3 is 26.2 Å². The van der Waals surface area contributed by atoms with E-state index in [2.05, 4.69) is 20.5 Å². The van der Waals surface area contributed by atoms with Gasteiger partial charge in [0.1, 0.15) is 44.0 Å². The molecule has 0 amide bonds. The van der Waals surface area contributed by atoms with Crippen LogP contribution in [-0.4, -0.2) is 72.3 Å². The smallest absolute Gasteiger partial charge is 0.296 e. The monoisotopic (exact) mass is 861 g/mol. The second kappa shape index (κ2) is 14.0. The minimum atomic E-state index is -5.15. The van der Waals surface area contributed by atoms with Crippen molar-refractivity contribution in [2.24, 2.45) is 20.5 Å². The van der Waals surface area contributed by atoms with E-state index in [1.165, 1.54) is 30.3 Å². The van der Waals surface area contributed by atoms with Crippen LogP contribution in [0.1, 0.15) is 0 Å². The van der Waals surface area contributed by atoms with Crippen molar-refractivity contribution in [2.45, 2.75) is 19.6 Å². The molecule has 0 unspecified atom stereocenters. The maximum Gasteiger partial charge on any atom is 0.296 e. The molecule has 0 aliphatic carbocycles. The summed E-state index contributed by atoms with van der Waals surface area (Å²) in [6.45, 7) is 0. The minimum Gasteiger partial charge on any atom is -0.506 e. The first kappa shape index (κ1) is 40.3. The molecule has 57 heavy (non-hydrogen) atoms. The summed E-state index contributed by atoms with van der Waals surface area (Å²) in [5.74, 6) is -2.83. The first-order valence-corrected chi connectivity index (χ1v) is 20.9. The van der Waals surface area contributed by atoms with Crippen molar-refractivity contribution in [2.75, 3.05) is 5.73 Å². The lowest BCUT2D eigenvalue weighted by atomic mass is 10.0. The lowest BCUT2D eigenvalue weighted by Gasteiger charge is -2.12. The standard InChI is InChI=1S/C32H23N5O16S4/c33-20-12-18(54(42,43)44)8-17-11-27(57(51,52)53)30(32(41)28(17)20)37-35-22-5-2-15(10-25(22)39)14-1-4-21(24(38)9-14)34-36-23-6-3-16-7-19(55(45,46)47)13-26(56(48,49)50)29(16)31(23)40/h1-13,38-41H,33H2,(H,42,43,44)(H,45,46,47)(H,48,49,50)(H,51,52,53). The van der Waals surface area contributed by atoms with Crippen molar-refractivity contribution in [3.63, 3.8) is 0 Å². The number of aromatic hydroxyl groups is 4. The number of phenolic OH excluding ortho intramolecular Hbond substituents is 4. The zero-order valence-corrected chi connectivity index (χ0v) is 31.1. The average Bonchev–Trinajstić information content (AvgIpc) is 3.09. The number of azo groups is 2. The highest BCUT2D eigenvalue weighted by Gasteiger charge is 2.26. The van der Waals surface area contributed by atoms with Gasteiger partial charge in [-0.15, -0.1) is 20.5 Å². The van der Waals surface area contributed by atoms with Crippen LogP contribution in [-0.2, 0) is 40.5 Å². The van der Waals surface area contributed by atoms with Crippen molar-refractivity contribution in [1.82, 2.24) is 0 Å². The molecule has 0 aliphatic rings. The molecule has 0 bridgehead atoms. The number of hydrogen-bond donors (Lipinski definition) is 9. The molecule has 0 saturated carbocycles. The largest absolute Gasteiger partial charge is 0.506 e. The van der Waals surface area contributed by atoms with Gasteiger partial charge in [-0.3, -0.25) is 18.2 Å². The summed E-state index contributed by atoms with van der Waals surface area (Å²) >= 11 is 0. The topological polar surface area (TPSA) is 374 Å². The van der Waals surface area contributed by atoms with Gasteiger partial charge in [0.05, 0.1) is 9.79 Å². The maximum absolute atomic E-state index is 12.2. The van der Waals surface area contributed by atoms with Crippen molar-refractivity contribution < 1.29 is 72.3 Å². The van der Waals surface area contributed by atoms with E-state index in [1.807, 2.05) is 0 Å². The Bertz CT molecular complexity index is 3250. The molecule has 0 heterocycles. The van der Waals surface area contributed by atoms with E-state index in [0.29, 0.717) is 6.07 Å². The van der Waals surface area contributed by atoms with E-state index in [-0.39, 0.29) is 44.3 Å². The molecule has 21 nitrogen and oxygen atoms in total. The van der Waals surface area contributed by atoms with Crippen LogP contribution >= 0.6 is 0 Å². The van der Waals surface area contributed by atoms with Gasteiger partial charge >= 0.3 is 0 Å². The summed E-state index contributed by atoms with van der Waals surface area (Å²) in [7, 11) is -20.0. The average molecular weight is 862 g/mol. The van der Waals surface area contributed by atoms with E-state index in [9.17, 15) is 72.3 Å². The number of fused-ring (bicyclic) bond motifs is 2. The number of rotatable bonds is 9. The zero-order chi connectivity index (χ0) is 42.0. The Balaban J connectivity index is 1.31. The van der Waals surface area contributed by atoms with Gasteiger partial charge in [0, 0.05) is 16.5 Å². The molecular formula is C32H23N5O16S4. The molecule has 6 aromatic rings. The first-order valence-electron chi connectivity index (χ1n) is 15.1. The summed E-state index contributed by atoms with van der Waals surface area (Å²) in [5.41, 5.74) is 4.32. The Morgan fingerprint density at radius 1 is 0.439 bits per heavy atom. The number of nitrogens with two attached hydrogens (primary N) is 1. The van der Waals surface area contributed by atoms with Gasteiger partial charge in [0.15, 0.2) is 11.5 Å². The highest BCUT2D eigenvalue weighted by atomic mass is 32.2. The molecule has 25 heteroatoms. The Morgan fingerprint density at radius 2 is 0.912 bits per heavy atom. The lowest BCUT2D eigenvalue weighted by molar-refractivity contribution is 0.471. The molecule has 0 aliphatic heterocycles. The van der Waals surface area contributed by atoms with Crippen LogP contribution in [0, 0.1) is 0 Å². The van der Waals surface area contributed by atoms with E-state index in [0.717, 1.165) is 42.5 Å². The van der Waals surface area contributed by atoms with Crippen molar-refractivity contribution in [3.8, 4) is 34.1 Å². The van der Waals surface area contributed by atoms with Crippen molar-refractivity contribution in [1.29, 1.82) is 0 Å². The number of hydrogen-bond acceptors (Lipinski definition) is 17. The molecule has 0 atom stereocenters. The summed E-state index contributed by atoms with van der Waals surface area (Å²) in [5, 5.41) is 56.8. The predicted octanol–water partition coefficient (Wildman–Crippen LogP) is 5.88. The lowest BCUT2D eigenvalue weighted by Crippen LogP contribution is -2.04. The van der Waals surface area contributed by atoms with Gasteiger partial charge in [-0.25, -0.2) is 0 Å². The van der Waals surface area contributed by atoms with Crippen LogP contribution in [0.2, 0.25) is 0 Å². The summed E-state index contributed by atoms with van der Waals surface area (Å²) in [6, 6.07) is 13.5. The van der Waals surface area contributed by atoms with Crippen LogP contribution in [0.5, 0.6) is 23.0 Å². The van der Waals surface area contributed by atoms with Gasteiger partial charge in [0.25, 0.3) is 40.5 Å². The normalized spacial score (nSPS) is 13.0. The SMILES string of the molecule is Nc1cc(S(=O)(=O)O)cc2cc(S(=O)(=O)O)c(N=Nc3ccc(-c4ccc(N=Nc5ccc6cc(S(=O)(=O)O)cc(S(=O)(=O)O)c6c5O)c(O)c4)cc3O)c(O)c12. The Kier molecular flexibility index (Phi) is 9.91. The molecule has 0 aromatic heterocycles. The fraction of sp³-hybridized carbons (Fsp3) is 0. The molecule has 0 radical (unpaired) electrons. The van der Waals surface area contributed by atoms with Crippen LogP contribution in [0.25, 0.3) is 32.7 Å². The summed E-state index contributed by atoms with van der Waals surface area (Å²) in [4.78, 5) is -3.69. The Labute approximate surface area is 320 Å². The fourth-order valence-electron chi connectivity index (χ4n) is 5.52. The molecule has 0 fully saturated rings. The number of anilines is 1. The van der Waals surface area contributed by atoms with E-state index in [4.69, 9.17) is 5.73 Å². The molecule has 6 aromatic carbocycles. The number of nitrogen functional groups attached to an aromatic ring is 1. The second-order valence-corrected chi connectivity index (χ2v) is 17.5. The highest BCUT2D eigenvalue weighted by Crippen LogP contribution is 2.46. The Hall–Kier alpha value is -6.32. The van der Waals surface area contributed by atoms with Crippen molar-refractivity contribution in [3.05, 3.63) is 78.9 Å². The number of nitrogens with zero attached hydrogens (tertiary/aromatic N) is 4. The molecule has 6 rings (SSSR count). The van der Waals surface area contributed by atoms with Crippen LogP contribution in [0.15, 0.2) is 119 Å². The van der Waals surface area contributed by atoms with Crippen LogP contribution < -0.4 is 5.73 Å². The zero-order valence-electron chi connectivity index (χ0n) is 27.8. The fourth-order valence-corrected chi connectivity index (χ4v) is 8.10. The number of benzene rings is 6. The third-order valence-electron chi connectivity index (χ3n) is 8.12. The third-order valence-corrected chi connectivity index (χ3v) is 11.5. The third kappa shape index (κ3) is 8.02. The first-order chi connectivity index (χ1) is 26.3. The molecule has 296 valence electrons. The van der Waals surface area contributed by atoms with E-state index in [1.54, 1.807) is 0 Å². The van der Waals surface area contributed by atoms with Gasteiger partial charge in [-0.05, 0) is 82.6 Å². The second-order valence-electron chi connectivity index (χ2n) is 11.8. The van der Waals surface area contributed by atoms with Crippen LogP contribution in [0.4, 0.5) is 28.4 Å². The minimum absolute atomic E-state index is 0.177. The molecule has 0 spiro atoms. The summed E-state index contributed by atoms with van der Waals surface area (Å²) < 4.78 is 133. The van der Waals surface area contributed by atoms with Gasteiger partial charge in [-0.1, -0.05) is 18.2 Å².